The number of benzene rings is 4. The van der Waals surface area contributed by atoms with E-state index in [9.17, 15) is 29.7 Å². The monoisotopic (exact) mass is 612 g/mol. The van der Waals surface area contributed by atoms with E-state index < -0.39 is 37.7 Å². The van der Waals surface area contributed by atoms with Crippen LogP contribution in [0.25, 0.3) is 33.4 Å². The fourth-order valence-corrected chi connectivity index (χ4v) is 5.72. The van der Waals surface area contributed by atoms with Crippen molar-refractivity contribution in [1.82, 2.24) is 0 Å². The van der Waals surface area contributed by atoms with E-state index in [2.05, 4.69) is 0 Å². The van der Waals surface area contributed by atoms with Crippen molar-refractivity contribution in [1.29, 1.82) is 0 Å². The van der Waals surface area contributed by atoms with Gasteiger partial charge in [0.25, 0.3) is 0 Å². The maximum atomic E-state index is 11.5. The molecule has 4 aromatic carbocycles. The van der Waals surface area contributed by atoms with Gasteiger partial charge in [-0.3, -0.25) is 0 Å². The van der Waals surface area contributed by atoms with Gasteiger partial charge in [0.05, 0.1) is 0 Å². The fraction of sp³-hybridized carbons (Fsp3) is 0.250. The van der Waals surface area contributed by atoms with Gasteiger partial charge in [-0.2, -0.15) is 0 Å². The summed E-state index contributed by atoms with van der Waals surface area (Å²) in [5.74, 6) is -2.16. The van der Waals surface area contributed by atoms with Crippen molar-refractivity contribution >= 4 is 17.9 Å². The van der Waals surface area contributed by atoms with Crippen LogP contribution in [-0.4, -0.2) is 53.0 Å². The molecule has 4 aromatic rings. The molecule has 0 atom stereocenters. The maximum absolute atomic E-state index is 11.5. The van der Waals surface area contributed by atoms with Crippen LogP contribution < -0.4 is 14.2 Å². The molecule has 45 heavy (non-hydrogen) atoms. The summed E-state index contributed by atoms with van der Waals surface area (Å²) in [6.45, 7) is 9.93. The van der Waals surface area contributed by atoms with Crippen molar-refractivity contribution in [2.75, 3.05) is 19.8 Å². The van der Waals surface area contributed by atoms with Crippen molar-refractivity contribution < 1.29 is 43.9 Å². The molecule has 0 saturated carbocycles. The summed E-state index contributed by atoms with van der Waals surface area (Å²) < 4.78 is 17.4. The molecule has 0 heterocycles. The average molecular weight is 613 g/mol. The Bertz CT molecular complexity index is 1570. The lowest BCUT2D eigenvalue weighted by atomic mass is 9.80. The highest BCUT2D eigenvalue weighted by atomic mass is 16.5. The molecule has 9 nitrogen and oxygen atoms in total. The third-order valence-electron chi connectivity index (χ3n) is 7.52. The van der Waals surface area contributed by atoms with Crippen LogP contribution in [0.15, 0.2) is 54.6 Å². The number of aryl methyl sites for hydroxylation is 3. The van der Waals surface area contributed by atoms with Gasteiger partial charge in [-0.05, 0) is 110 Å². The molecule has 0 aromatic heterocycles. The van der Waals surface area contributed by atoms with Gasteiger partial charge >= 0.3 is 17.9 Å². The second-order valence-electron chi connectivity index (χ2n) is 11.0. The number of carboxylic acids is 3. The van der Waals surface area contributed by atoms with Crippen LogP contribution in [0, 0.1) is 41.5 Å². The van der Waals surface area contributed by atoms with Gasteiger partial charge in [-0.1, -0.05) is 36.4 Å². The quantitative estimate of drug-likeness (QED) is 0.155. The van der Waals surface area contributed by atoms with E-state index in [0.717, 1.165) is 50.1 Å². The van der Waals surface area contributed by atoms with Crippen LogP contribution in [0.3, 0.4) is 0 Å². The third kappa shape index (κ3) is 7.26. The molecular weight excluding hydrogens is 576 g/mol. The van der Waals surface area contributed by atoms with Gasteiger partial charge in [-0.15, -0.1) is 0 Å². The topological polar surface area (TPSA) is 140 Å². The summed E-state index contributed by atoms with van der Waals surface area (Å²) in [5, 5.41) is 28.2. The van der Waals surface area contributed by atoms with E-state index in [1.165, 1.54) is 0 Å². The summed E-state index contributed by atoms with van der Waals surface area (Å²) in [7, 11) is 0. The van der Waals surface area contributed by atoms with E-state index in [0.29, 0.717) is 33.9 Å². The Kier molecular flexibility index (Phi) is 9.82. The van der Waals surface area contributed by atoms with E-state index in [1.807, 2.05) is 77.9 Å². The first-order valence-corrected chi connectivity index (χ1v) is 14.3. The molecule has 0 saturated heterocycles. The molecule has 0 aliphatic rings. The van der Waals surface area contributed by atoms with Gasteiger partial charge in [0.1, 0.15) is 17.2 Å². The minimum atomic E-state index is -1.11. The van der Waals surface area contributed by atoms with Crippen molar-refractivity contribution in [2.45, 2.75) is 41.5 Å². The van der Waals surface area contributed by atoms with E-state index in [1.54, 1.807) is 18.2 Å². The SMILES string of the molecule is Cc1ccc(-c2c(C)c(-c3ccc(C)cc3OCC(=O)O)c(C)c(-c3ccc(C)cc3OCC(=O)O)c2C)c(OCC(=O)O)c1. The van der Waals surface area contributed by atoms with Crippen molar-refractivity contribution in [2.24, 2.45) is 0 Å². The first-order chi connectivity index (χ1) is 21.3. The van der Waals surface area contributed by atoms with Crippen LogP contribution in [-0.2, 0) is 14.4 Å². The van der Waals surface area contributed by atoms with E-state index in [-0.39, 0.29) is 0 Å². The molecule has 3 N–H and O–H groups in total. The highest BCUT2D eigenvalue weighted by Gasteiger charge is 2.26. The molecule has 4 rings (SSSR count). The Morgan fingerprint density at radius 1 is 0.467 bits per heavy atom. The predicted molar refractivity (Wildman–Crippen MR) is 171 cm³/mol. The summed E-state index contributed by atoms with van der Waals surface area (Å²) >= 11 is 0. The third-order valence-corrected chi connectivity index (χ3v) is 7.52. The summed E-state index contributed by atoms with van der Waals surface area (Å²) in [6, 6.07) is 16.8. The zero-order valence-corrected chi connectivity index (χ0v) is 26.1. The lowest BCUT2D eigenvalue weighted by Gasteiger charge is -2.26. The van der Waals surface area contributed by atoms with Crippen molar-refractivity contribution in [3.8, 4) is 50.6 Å². The number of hydrogen-bond donors (Lipinski definition) is 3. The molecule has 0 bridgehead atoms. The standard InChI is InChI=1S/C36H36O9/c1-19-7-10-25(28(13-19)43-16-31(37)38)34-22(4)35(26-11-8-20(2)14-29(26)44-17-32(39)40)24(6)36(23(34)5)27-12-9-21(3)15-30(27)45-18-33(41)42/h7-15H,16-18H2,1-6H3,(H,37,38)(H,39,40)(H,41,42). The Balaban J connectivity index is 2.14. The van der Waals surface area contributed by atoms with Gasteiger partial charge < -0.3 is 29.5 Å². The Morgan fingerprint density at radius 2 is 0.711 bits per heavy atom. The lowest BCUT2D eigenvalue weighted by molar-refractivity contribution is -0.140. The minimum absolute atomic E-state index is 0.391. The second-order valence-corrected chi connectivity index (χ2v) is 11.0. The molecule has 0 aliphatic carbocycles. The molecule has 0 radical (unpaired) electrons. The van der Waals surface area contributed by atoms with Crippen LogP contribution >= 0.6 is 0 Å². The number of carboxylic acid groups (broad SMARTS) is 3. The Morgan fingerprint density at radius 3 is 0.933 bits per heavy atom. The molecule has 0 spiro atoms. The first kappa shape index (κ1) is 32.6. The number of ether oxygens (including phenoxy) is 3. The molecule has 9 heteroatoms. The minimum Gasteiger partial charge on any atom is -0.481 e. The first-order valence-electron chi connectivity index (χ1n) is 14.3. The van der Waals surface area contributed by atoms with Crippen LogP contribution in [0.4, 0.5) is 0 Å². The normalized spacial score (nSPS) is 10.8. The van der Waals surface area contributed by atoms with Crippen LogP contribution in [0.5, 0.6) is 17.2 Å². The van der Waals surface area contributed by atoms with E-state index >= 15 is 0 Å². The molecule has 0 unspecified atom stereocenters. The molecule has 0 fully saturated rings. The summed E-state index contributed by atoms with van der Waals surface area (Å²) in [6.07, 6.45) is 0. The lowest BCUT2D eigenvalue weighted by Crippen LogP contribution is -2.12. The highest BCUT2D eigenvalue weighted by Crippen LogP contribution is 2.49. The summed E-state index contributed by atoms with van der Waals surface area (Å²) in [5.41, 5.74) is 9.49. The van der Waals surface area contributed by atoms with Crippen molar-refractivity contribution in [3.05, 3.63) is 88.0 Å². The van der Waals surface area contributed by atoms with Crippen LogP contribution in [0.2, 0.25) is 0 Å². The zero-order valence-electron chi connectivity index (χ0n) is 26.1. The van der Waals surface area contributed by atoms with Gasteiger partial charge in [0.2, 0.25) is 0 Å². The fourth-order valence-electron chi connectivity index (χ4n) is 5.72. The van der Waals surface area contributed by atoms with E-state index in [4.69, 9.17) is 14.2 Å². The smallest absolute Gasteiger partial charge is 0.341 e. The predicted octanol–water partition coefficient (Wildman–Crippen LogP) is 6.93. The molecule has 0 aliphatic heterocycles. The summed E-state index contributed by atoms with van der Waals surface area (Å²) in [4.78, 5) is 34.4. The molecule has 234 valence electrons. The van der Waals surface area contributed by atoms with Crippen molar-refractivity contribution in [3.63, 3.8) is 0 Å². The van der Waals surface area contributed by atoms with Gasteiger partial charge in [-0.25, -0.2) is 14.4 Å². The molecule has 0 amide bonds. The maximum Gasteiger partial charge on any atom is 0.341 e. The molecular formula is C36H36O9. The number of rotatable bonds is 12. The average Bonchev–Trinajstić information content (AvgIpc) is 2.96. The second kappa shape index (κ2) is 13.5. The van der Waals surface area contributed by atoms with Gasteiger partial charge in [0.15, 0.2) is 19.8 Å². The number of carbonyl (C=O) groups is 3. The highest BCUT2D eigenvalue weighted by molar-refractivity contribution is 5.95. The number of aliphatic carboxylic acids is 3. The zero-order chi connectivity index (χ0) is 33.0. The Hall–Kier alpha value is -5.31. The largest absolute Gasteiger partial charge is 0.481 e. The Labute approximate surface area is 261 Å². The number of hydrogen-bond acceptors (Lipinski definition) is 6. The van der Waals surface area contributed by atoms with Crippen LogP contribution in [0.1, 0.15) is 33.4 Å². The van der Waals surface area contributed by atoms with Gasteiger partial charge in [0, 0.05) is 16.7 Å².